The number of benzene rings is 1. The Morgan fingerprint density at radius 2 is 2.16 bits per heavy atom. The van der Waals surface area contributed by atoms with E-state index in [1.165, 1.54) is 11.3 Å². The van der Waals surface area contributed by atoms with Gasteiger partial charge in [-0.2, -0.15) is 0 Å². The zero-order chi connectivity index (χ0) is 17.2. The molecule has 3 N–H and O–H groups in total. The first-order chi connectivity index (χ1) is 11.5. The molecule has 0 spiro atoms. The number of nitrogens with zero attached hydrogens (tertiary/aromatic N) is 1. The van der Waals surface area contributed by atoms with Gasteiger partial charge in [-0.25, -0.2) is 4.98 Å². The van der Waals surface area contributed by atoms with Gasteiger partial charge in [-0.1, -0.05) is 11.6 Å². The Morgan fingerprint density at radius 1 is 1.44 bits per heavy atom. The molecule has 6 nitrogen and oxygen atoms in total. The molecular weight excluding hydrogens is 385 g/mol. The van der Waals surface area contributed by atoms with E-state index < -0.39 is 5.54 Å². The van der Waals surface area contributed by atoms with Crippen molar-refractivity contribution in [2.24, 2.45) is 5.73 Å². The average molecular weight is 404 g/mol. The van der Waals surface area contributed by atoms with Crippen molar-refractivity contribution in [2.75, 3.05) is 25.6 Å². The summed E-state index contributed by atoms with van der Waals surface area (Å²) in [7, 11) is 1.57. The molecule has 0 aliphatic carbocycles. The average Bonchev–Trinajstić information content (AvgIpc) is 3.04. The lowest BCUT2D eigenvalue weighted by atomic mass is 9.90. The standard InChI is InChI=1S/C16H18ClN3O3S.ClH/c1-22-13-3-2-10(8-11(13)17)12-9-24-15(19-12)20-14(21)16(18)4-6-23-7-5-16;/h2-3,8-9H,4-7,18H2,1H3,(H,19,20,21);1H. The summed E-state index contributed by atoms with van der Waals surface area (Å²) in [6.45, 7) is 0.995. The van der Waals surface area contributed by atoms with Gasteiger partial charge in [0.1, 0.15) is 11.3 Å². The summed E-state index contributed by atoms with van der Waals surface area (Å²) in [5.74, 6) is 0.383. The first kappa shape index (κ1) is 19.9. The van der Waals surface area contributed by atoms with Gasteiger partial charge >= 0.3 is 0 Å². The fourth-order valence-electron chi connectivity index (χ4n) is 2.47. The monoisotopic (exact) mass is 403 g/mol. The van der Waals surface area contributed by atoms with E-state index in [-0.39, 0.29) is 18.3 Å². The van der Waals surface area contributed by atoms with Crippen molar-refractivity contribution in [3.63, 3.8) is 0 Å². The highest BCUT2D eigenvalue weighted by Gasteiger charge is 2.36. The minimum Gasteiger partial charge on any atom is -0.495 e. The second-order valence-corrected chi connectivity index (χ2v) is 6.88. The van der Waals surface area contributed by atoms with Crippen molar-refractivity contribution < 1.29 is 14.3 Å². The zero-order valence-corrected chi connectivity index (χ0v) is 16.0. The van der Waals surface area contributed by atoms with Gasteiger partial charge < -0.3 is 20.5 Å². The Kier molecular flexibility index (Phi) is 6.65. The molecule has 1 saturated heterocycles. The SMILES string of the molecule is COc1ccc(-c2csc(NC(=O)C3(N)CCOCC3)n2)cc1Cl.Cl. The van der Waals surface area contributed by atoms with Crippen LogP contribution in [0, 0.1) is 0 Å². The van der Waals surface area contributed by atoms with E-state index in [9.17, 15) is 4.79 Å². The molecule has 0 radical (unpaired) electrons. The topological polar surface area (TPSA) is 86.5 Å². The predicted octanol–water partition coefficient (Wildman–Crippen LogP) is 3.34. The van der Waals surface area contributed by atoms with Crippen molar-refractivity contribution in [1.82, 2.24) is 4.98 Å². The van der Waals surface area contributed by atoms with Crippen LogP contribution in [0.5, 0.6) is 5.75 Å². The second-order valence-electron chi connectivity index (χ2n) is 5.61. The van der Waals surface area contributed by atoms with E-state index in [0.29, 0.717) is 42.0 Å². The Balaban J connectivity index is 0.00000225. The molecule has 1 aromatic heterocycles. The number of anilines is 1. The van der Waals surface area contributed by atoms with E-state index in [2.05, 4.69) is 10.3 Å². The highest BCUT2D eigenvalue weighted by atomic mass is 35.5. The molecule has 3 rings (SSSR count). The Labute approximate surface area is 161 Å². The number of carbonyl (C=O) groups excluding carboxylic acids is 1. The summed E-state index contributed by atoms with van der Waals surface area (Å²) in [5, 5.41) is 5.69. The Morgan fingerprint density at radius 3 is 2.80 bits per heavy atom. The van der Waals surface area contributed by atoms with Gasteiger partial charge in [-0.3, -0.25) is 4.79 Å². The van der Waals surface area contributed by atoms with E-state index >= 15 is 0 Å². The third-order valence-electron chi connectivity index (χ3n) is 4.01. The minimum atomic E-state index is -0.895. The number of hydrogen-bond donors (Lipinski definition) is 2. The van der Waals surface area contributed by atoms with Gasteiger partial charge in [0.05, 0.1) is 17.8 Å². The largest absolute Gasteiger partial charge is 0.495 e. The van der Waals surface area contributed by atoms with Crippen LogP contribution in [0.2, 0.25) is 5.02 Å². The van der Waals surface area contributed by atoms with Crippen molar-refractivity contribution in [3.8, 4) is 17.0 Å². The smallest absolute Gasteiger partial charge is 0.246 e. The van der Waals surface area contributed by atoms with Crippen molar-refractivity contribution in [3.05, 3.63) is 28.6 Å². The minimum absolute atomic E-state index is 0. The van der Waals surface area contributed by atoms with Gasteiger partial charge in [0.15, 0.2) is 5.13 Å². The Hall–Kier alpha value is -1.38. The molecule has 2 heterocycles. The summed E-state index contributed by atoms with van der Waals surface area (Å²) in [4.78, 5) is 16.9. The van der Waals surface area contributed by atoms with Crippen LogP contribution in [-0.4, -0.2) is 36.8 Å². The first-order valence-corrected chi connectivity index (χ1v) is 8.75. The van der Waals surface area contributed by atoms with Crippen LogP contribution in [0.3, 0.4) is 0 Å². The number of amides is 1. The lowest BCUT2D eigenvalue weighted by molar-refractivity contribution is -0.124. The molecule has 1 fully saturated rings. The molecule has 1 amide bonds. The number of nitrogens with one attached hydrogen (secondary N) is 1. The lowest BCUT2D eigenvalue weighted by Gasteiger charge is -2.31. The highest BCUT2D eigenvalue weighted by molar-refractivity contribution is 7.14. The van der Waals surface area contributed by atoms with Crippen molar-refractivity contribution in [1.29, 1.82) is 0 Å². The van der Waals surface area contributed by atoms with E-state index in [0.717, 1.165) is 11.3 Å². The summed E-state index contributed by atoms with van der Waals surface area (Å²) in [5.41, 5.74) is 6.87. The molecule has 1 aromatic carbocycles. The lowest BCUT2D eigenvalue weighted by Crippen LogP contribution is -2.54. The number of rotatable bonds is 4. The number of aromatic nitrogens is 1. The van der Waals surface area contributed by atoms with Crippen LogP contribution >= 0.6 is 35.3 Å². The van der Waals surface area contributed by atoms with Crippen LogP contribution in [0.25, 0.3) is 11.3 Å². The predicted molar refractivity (Wildman–Crippen MR) is 102 cm³/mol. The molecular formula is C16H19Cl2N3O3S. The molecule has 0 bridgehead atoms. The van der Waals surface area contributed by atoms with Crippen molar-refractivity contribution in [2.45, 2.75) is 18.4 Å². The van der Waals surface area contributed by atoms with Gasteiger partial charge in [0, 0.05) is 24.2 Å². The number of nitrogens with two attached hydrogens (primary N) is 1. The van der Waals surface area contributed by atoms with Crippen LogP contribution in [0.4, 0.5) is 5.13 Å². The maximum Gasteiger partial charge on any atom is 0.246 e. The van der Waals surface area contributed by atoms with Crippen LogP contribution < -0.4 is 15.8 Å². The van der Waals surface area contributed by atoms with E-state index in [1.54, 1.807) is 19.2 Å². The molecule has 136 valence electrons. The molecule has 0 saturated carbocycles. The molecule has 0 unspecified atom stereocenters. The zero-order valence-electron chi connectivity index (χ0n) is 13.6. The number of halogens is 2. The van der Waals surface area contributed by atoms with Gasteiger partial charge in [0.2, 0.25) is 5.91 Å². The molecule has 25 heavy (non-hydrogen) atoms. The Bertz CT molecular complexity index is 748. The number of ether oxygens (including phenoxy) is 2. The van der Waals surface area contributed by atoms with Crippen LogP contribution in [0.1, 0.15) is 12.8 Å². The van der Waals surface area contributed by atoms with Gasteiger partial charge in [0.25, 0.3) is 0 Å². The van der Waals surface area contributed by atoms with Gasteiger partial charge in [-0.05, 0) is 31.0 Å². The molecule has 0 atom stereocenters. The van der Waals surface area contributed by atoms with E-state index in [4.69, 9.17) is 26.8 Å². The van der Waals surface area contributed by atoms with E-state index in [1.807, 2.05) is 11.4 Å². The molecule has 2 aromatic rings. The highest BCUT2D eigenvalue weighted by Crippen LogP contribution is 2.32. The maximum absolute atomic E-state index is 12.4. The van der Waals surface area contributed by atoms with Gasteiger partial charge in [-0.15, -0.1) is 23.7 Å². The number of carbonyl (C=O) groups is 1. The van der Waals surface area contributed by atoms with Crippen LogP contribution in [-0.2, 0) is 9.53 Å². The fraction of sp³-hybridized carbons (Fsp3) is 0.375. The van der Waals surface area contributed by atoms with Crippen LogP contribution in [0.15, 0.2) is 23.6 Å². The summed E-state index contributed by atoms with van der Waals surface area (Å²) in [6.07, 6.45) is 1.01. The van der Waals surface area contributed by atoms with Crippen molar-refractivity contribution >= 4 is 46.4 Å². The first-order valence-electron chi connectivity index (χ1n) is 7.49. The third kappa shape index (κ3) is 4.43. The second kappa shape index (κ2) is 8.33. The molecule has 1 aliphatic heterocycles. The molecule has 1 aliphatic rings. The fourth-order valence-corrected chi connectivity index (χ4v) is 3.45. The number of thiazole rings is 1. The number of hydrogen-bond acceptors (Lipinski definition) is 6. The number of methoxy groups -OCH3 is 1. The third-order valence-corrected chi connectivity index (χ3v) is 5.06. The summed E-state index contributed by atoms with van der Waals surface area (Å²) < 4.78 is 10.4. The summed E-state index contributed by atoms with van der Waals surface area (Å²) >= 11 is 7.49. The normalized spacial score (nSPS) is 16.0. The maximum atomic E-state index is 12.4. The quantitative estimate of drug-likeness (QED) is 0.816. The summed E-state index contributed by atoms with van der Waals surface area (Å²) in [6, 6.07) is 5.43. The molecule has 9 heteroatoms.